The molecule has 0 aliphatic carbocycles. The summed E-state index contributed by atoms with van der Waals surface area (Å²) in [6, 6.07) is 6.04. The average molecular weight is 312 g/mol. The summed E-state index contributed by atoms with van der Waals surface area (Å²) in [7, 11) is 0. The third kappa shape index (κ3) is 3.82. The molecule has 2 rings (SSSR count). The number of nitrogens with one attached hydrogen (secondary N) is 2. The molecule has 0 amide bonds. The van der Waals surface area contributed by atoms with E-state index in [9.17, 15) is 8.78 Å². The fourth-order valence-corrected chi connectivity index (χ4v) is 1.91. The van der Waals surface area contributed by atoms with Crippen molar-refractivity contribution in [3.05, 3.63) is 46.5 Å². The van der Waals surface area contributed by atoms with E-state index in [0.717, 1.165) is 18.1 Å². The van der Waals surface area contributed by atoms with Crippen molar-refractivity contribution in [2.24, 2.45) is 0 Å². The maximum absolute atomic E-state index is 13.8. The monoisotopic (exact) mass is 311 g/mol. The molecule has 0 saturated heterocycles. The number of benzene rings is 1. The Morgan fingerprint density at radius 2 is 1.86 bits per heavy atom. The zero-order chi connectivity index (χ0) is 15.4. The molecule has 0 spiro atoms. The van der Waals surface area contributed by atoms with Crippen molar-refractivity contribution in [2.75, 3.05) is 17.2 Å². The van der Waals surface area contributed by atoms with E-state index in [1.165, 1.54) is 0 Å². The van der Waals surface area contributed by atoms with Gasteiger partial charge >= 0.3 is 0 Å². The van der Waals surface area contributed by atoms with Gasteiger partial charge in [0.25, 0.3) is 0 Å². The summed E-state index contributed by atoms with van der Waals surface area (Å²) in [5.74, 6) is -1.49. The third-order valence-electron chi connectivity index (χ3n) is 2.91. The Morgan fingerprint density at radius 3 is 2.52 bits per heavy atom. The van der Waals surface area contributed by atoms with Gasteiger partial charge in [0.1, 0.15) is 0 Å². The van der Waals surface area contributed by atoms with Crippen LogP contribution < -0.4 is 10.6 Å². The molecule has 2 aromatic rings. The second kappa shape index (κ2) is 6.72. The van der Waals surface area contributed by atoms with Gasteiger partial charge in [-0.05, 0) is 31.0 Å². The molecule has 1 heterocycles. The summed E-state index contributed by atoms with van der Waals surface area (Å²) >= 11 is 6.02. The van der Waals surface area contributed by atoms with E-state index in [2.05, 4.69) is 15.6 Å². The molecule has 0 atom stereocenters. The Bertz CT molecular complexity index is 647. The predicted octanol–water partition coefficient (Wildman–Crippen LogP) is 4.89. The van der Waals surface area contributed by atoms with Gasteiger partial charge in [-0.25, -0.2) is 13.8 Å². The summed E-state index contributed by atoms with van der Waals surface area (Å²) in [6.07, 6.45) is 0.814. The maximum atomic E-state index is 13.8. The van der Waals surface area contributed by atoms with Crippen LogP contribution in [0.3, 0.4) is 0 Å². The van der Waals surface area contributed by atoms with Crippen molar-refractivity contribution < 1.29 is 8.78 Å². The van der Waals surface area contributed by atoms with Crippen molar-refractivity contribution in [3.8, 4) is 0 Å². The molecule has 0 radical (unpaired) electrons. The quantitative estimate of drug-likeness (QED) is 0.825. The molecule has 0 bridgehead atoms. The zero-order valence-corrected chi connectivity index (χ0v) is 12.6. The summed E-state index contributed by atoms with van der Waals surface area (Å²) in [4.78, 5) is 3.94. The number of anilines is 3. The minimum Gasteiger partial charge on any atom is -0.368 e. The molecule has 2 N–H and O–H groups in total. The van der Waals surface area contributed by atoms with E-state index >= 15 is 0 Å². The van der Waals surface area contributed by atoms with Crippen LogP contribution >= 0.6 is 11.6 Å². The first-order chi connectivity index (χ1) is 10.0. The van der Waals surface area contributed by atoms with Crippen molar-refractivity contribution in [3.63, 3.8) is 0 Å². The highest BCUT2D eigenvalue weighted by Gasteiger charge is 2.12. The molecule has 0 aliphatic rings. The van der Waals surface area contributed by atoms with Crippen molar-refractivity contribution in [2.45, 2.75) is 20.3 Å². The molecule has 3 nitrogen and oxygen atoms in total. The minimum absolute atomic E-state index is 0.0268. The molecule has 6 heteroatoms. The van der Waals surface area contributed by atoms with Crippen LogP contribution in [-0.4, -0.2) is 11.5 Å². The fraction of sp³-hybridized carbons (Fsp3) is 0.267. The highest BCUT2D eigenvalue weighted by Crippen LogP contribution is 2.25. The Kier molecular flexibility index (Phi) is 4.96. The van der Waals surface area contributed by atoms with Crippen LogP contribution in [0.1, 0.15) is 18.9 Å². The van der Waals surface area contributed by atoms with E-state index in [4.69, 9.17) is 11.6 Å². The van der Waals surface area contributed by atoms with E-state index < -0.39 is 11.6 Å². The number of nitrogens with zero attached hydrogens (tertiary/aromatic N) is 1. The highest BCUT2D eigenvalue weighted by atomic mass is 35.5. The van der Waals surface area contributed by atoms with Gasteiger partial charge in [0, 0.05) is 23.3 Å². The maximum Gasteiger partial charge on any atom is 0.169 e. The Morgan fingerprint density at radius 1 is 1.14 bits per heavy atom. The van der Waals surface area contributed by atoms with Crippen LogP contribution in [0.4, 0.5) is 26.1 Å². The Labute approximate surface area is 127 Å². The lowest BCUT2D eigenvalue weighted by Crippen LogP contribution is -2.07. The van der Waals surface area contributed by atoms with Crippen LogP contribution in [0, 0.1) is 18.6 Å². The third-order valence-corrected chi connectivity index (χ3v) is 3.31. The fourth-order valence-electron chi connectivity index (χ4n) is 1.73. The first-order valence-electron chi connectivity index (χ1n) is 6.64. The zero-order valence-electron chi connectivity index (χ0n) is 11.8. The number of halogens is 3. The highest BCUT2D eigenvalue weighted by molar-refractivity contribution is 6.31. The van der Waals surface area contributed by atoms with Gasteiger partial charge in [0.05, 0.1) is 0 Å². The lowest BCUT2D eigenvalue weighted by molar-refractivity contribution is 0.579. The summed E-state index contributed by atoms with van der Waals surface area (Å²) in [5.41, 5.74) is 1.50. The van der Waals surface area contributed by atoms with Gasteiger partial charge in [-0.1, -0.05) is 24.6 Å². The van der Waals surface area contributed by atoms with Gasteiger partial charge in [-0.3, -0.25) is 0 Å². The van der Waals surface area contributed by atoms with Crippen molar-refractivity contribution in [1.82, 2.24) is 4.98 Å². The van der Waals surface area contributed by atoms with Crippen LogP contribution in [0.25, 0.3) is 0 Å². The van der Waals surface area contributed by atoms with E-state index in [1.54, 1.807) is 12.1 Å². The van der Waals surface area contributed by atoms with Crippen LogP contribution in [-0.2, 0) is 0 Å². The van der Waals surface area contributed by atoms with Gasteiger partial charge in [0.15, 0.2) is 23.3 Å². The molecule has 0 aliphatic heterocycles. The predicted molar refractivity (Wildman–Crippen MR) is 82.4 cm³/mol. The summed E-state index contributed by atoms with van der Waals surface area (Å²) in [6.45, 7) is 4.38. The molecule has 1 aromatic carbocycles. The van der Waals surface area contributed by atoms with Gasteiger partial charge in [-0.2, -0.15) is 0 Å². The largest absolute Gasteiger partial charge is 0.368 e. The van der Waals surface area contributed by atoms with E-state index in [1.807, 2.05) is 19.9 Å². The number of pyridine rings is 1. The second-order valence-electron chi connectivity index (χ2n) is 4.66. The molecule has 0 saturated carbocycles. The molecule has 112 valence electrons. The van der Waals surface area contributed by atoms with Crippen LogP contribution in [0.15, 0.2) is 24.3 Å². The summed E-state index contributed by atoms with van der Waals surface area (Å²) in [5, 5.41) is 6.19. The number of aryl methyl sites for hydroxylation is 1. The first-order valence-corrected chi connectivity index (χ1v) is 7.02. The molecular formula is C15H16ClF2N3. The molecule has 1 aromatic heterocycles. The van der Waals surface area contributed by atoms with Crippen molar-refractivity contribution >= 4 is 28.9 Å². The van der Waals surface area contributed by atoms with E-state index in [-0.39, 0.29) is 11.6 Å². The normalized spacial score (nSPS) is 10.5. The molecule has 0 fully saturated rings. The lowest BCUT2D eigenvalue weighted by atomic mass is 10.2. The lowest BCUT2D eigenvalue weighted by Gasteiger charge is -2.11. The van der Waals surface area contributed by atoms with E-state index in [0.29, 0.717) is 17.3 Å². The second-order valence-corrected chi connectivity index (χ2v) is 5.07. The minimum atomic E-state index is -0.758. The number of aromatic nitrogens is 1. The molecule has 21 heavy (non-hydrogen) atoms. The van der Waals surface area contributed by atoms with Gasteiger partial charge < -0.3 is 10.6 Å². The molecule has 0 unspecified atom stereocenters. The van der Waals surface area contributed by atoms with Gasteiger partial charge in [-0.15, -0.1) is 0 Å². The Balaban J connectivity index is 2.28. The standard InChI is InChI=1S/C15H16ClF2N3/c1-3-6-19-14-12(17)8-13(18)15(21-14)20-10-5-4-9(2)11(16)7-10/h4-5,7-8H,3,6H2,1-2H3,(H2,19,20,21). The Hall–Kier alpha value is -1.88. The smallest absolute Gasteiger partial charge is 0.169 e. The van der Waals surface area contributed by atoms with Crippen molar-refractivity contribution in [1.29, 1.82) is 0 Å². The van der Waals surface area contributed by atoms with Gasteiger partial charge in [0.2, 0.25) is 0 Å². The topological polar surface area (TPSA) is 37.0 Å². The number of rotatable bonds is 5. The molecular weight excluding hydrogens is 296 g/mol. The van der Waals surface area contributed by atoms with Crippen LogP contribution in [0.5, 0.6) is 0 Å². The van der Waals surface area contributed by atoms with Crippen LogP contribution in [0.2, 0.25) is 5.02 Å². The number of hydrogen-bond donors (Lipinski definition) is 2. The first kappa shape index (κ1) is 15.5. The average Bonchev–Trinajstić information content (AvgIpc) is 2.44. The SMILES string of the molecule is CCCNc1nc(Nc2ccc(C)c(Cl)c2)c(F)cc1F. The number of hydrogen-bond acceptors (Lipinski definition) is 3. The summed E-state index contributed by atoms with van der Waals surface area (Å²) < 4.78 is 27.4.